The second-order valence-electron chi connectivity index (χ2n) is 3.22. The van der Waals surface area contributed by atoms with Gasteiger partial charge in [-0.15, -0.1) is 11.8 Å². The van der Waals surface area contributed by atoms with Crippen LogP contribution in [0.1, 0.15) is 10.4 Å². The Hall–Kier alpha value is -1.04. The van der Waals surface area contributed by atoms with Gasteiger partial charge in [0.15, 0.2) is 0 Å². The lowest BCUT2D eigenvalue weighted by molar-refractivity contribution is 0.0692. The number of thioether (sulfide) groups is 1. The van der Waals surface area contributed by atoms with Crippen LogP contribution in [-0.2, 0) is 4.74 Å². The molecule has 88 valence electrons. The number of aliphatic hydroxyl groups is 1. The standard InChI is InChI=1S/C11H14O4S/c1-15-6-8(12)7-16-10-5-3-2-4-9(10)11(13)14/h2-5,8,12H,6-7H2,1H3,(H,13,14). The molecule has 16 heavy (non-hydrogen) atoms. The molecule has 1 rings (SSSR count). The van der Waals surface area contributed by atoms with Crippen molar-refractivity contribution in [1.82, 2.24) is 0 Å². The molecule has 4 nitrogen and oxygen atoms in total. The maximum atomic E-state index is 10.9. The van der Waals surface area contributed by atoms with Crippen molar-refractivity contribution in [2.45, 2.75) is 11.0 Å². The van der Waals surface area contributed by atoms with E-state index < -0.39 is 12.1 Å². The number of carbonyl (C=O) groups is 1. The van der Waals surface area contributed by atoms with E-state index in [9.17, 15) is 9.90 Å². The predicted octanol–water partition coefficient (Wildman–Crippen LogP) is 1.48. The van der Waals surface area contributed by atoms with Gasteiger partial charge in [0.1, 0.15) is 0 Å². The molecular weight excluding hydrogens is 228 g/mol. The second-order valence-corrected chi connectivity index (χ2v) is 4.28. The van der Waals surface area contributed by atoms with Crippen LogP contribution in [0, 0.1) is 0 Å². The van der Waals surface area contributed by atoms with Gasteiger partial charge in [-0.3, -0.25) is 0 Å². The minimum atomic E-state index is -0.954. The number of carboxylic acid groups (broad SMARTS) is 1. The number of rotatable bonds is 6. The van der Waals surface area contributed by atoms with E-state index in [1.165, 1.54) is 18.9 Å². The fraction of sp³-hybridized carbons (Fsp3) is 0.364. The lowest BCUT2D eigenvalue weighted by Gasteiger charge is -2.10. The summed E-state index contributed by atoms with van der Waals surface area (Å²) in [5.74, 6) is -0.540. The molecule has 0 heterocycles. The van der Waals surface area contributed by atoms with Gasteiger partial charge in [-0.25, -0.2) is 4.79 Å². The summed E-state index contributed by atoms with van der Waals surface area (Å²) >= 11 is 1.31. The zero-order valence-corrected chi connectivity index (χ0v) is 9.74. The Morgan fingerprint density at radius 3 is 2.81 bits per heavy atom. The van der Waals surface area contributed by atoms with E-state index in [0.717, 1.165) is 0 Å². The molecule has 0 aromatic heterocycles. The normalized spacial score (nSPS) is 12.4. The number of aliphatic hydroxyl groups excluding tert-OH is 1. The summed E-state index contributed by atoms with van der Waals surface area (Å²) in [5, 5.41) is 18.4. The molecule has 1 aromatic carbocycles. The summed E-state index contributed by atoms with van der Waals surface area (Å²) in [4.78, 5) is 11.5. The van der Waals surface area contributed by atoms with Crippen LogP contribution in [0.2, 0.25) is 0 Å². The van der Waals surface area contributed by atoms with Crippen molar-refractivity contribution in [2.75, 3.05) is 19.5 Å². The number of aromatic carboxylic acids is 1. The predicted molar refractivity (Wildman–Crippen MR) is 62.0 cm³/mol. The Balaban J connectivity index is 2.63. The topological polar surface area (TPSA) is 66.8 Å². The summed E-state index contributed by atoms with van der Waals surface area (Å²) in [6.45, 7) is 0.252. The first-order valence-corrected chi connectivity index (χ1v) is 5.76. The summed E-state index contributed by atoms with van der Waals surface area (Å²) in [6, 6.07) is 6.73. The molecule has 0 aliphatic rings. The molecule has 0 fully saturated rings. The molecule has 0 amide bonds. The SMILES string of the molecule is COCC(O)CSc1ccccc1C(=O)O. The number of hydrogen-bond donors (Lipinski definition) is 2. The van der Waals surface area contributed by atoms with Gasteiger partial charge in [-0.1, -0.05) is 12.1 Å². The van der Waals surface area contributed by atoms with E-state index in [1.807, 2.05) is 0 Å². The quantitative estimate of drug-likeness (QED) is 0.740. The van der Waals surface area contributed by atoms with Gasteiger partial charge >= 0.3 is 5.97 Å². The number of methoxy groups -OCH3 is 1. The molecule has 0 saturated carbocycles. The third-order valence-electron chi connectivity index (χ3n) is 1.91. The van der Waals surface area contributed by atoms with E-state index in [0.29, 0.717) is 10.6 Å². The average molecular weight is 242 g/mol. The molecule has 1 unspecified atom stereocenters. The molecule has 1 atom stereocenters. The largest absolute Gasteiger partial charge is 0.478 e. The van der Waals surface area contributed by atoms with Crippen molar-refractivity contribution >= 4 is 17.7 Å². The second kappa shape index (κ2) is 6.52. The highest BCUT2D eigenvalue weighted by Gasteiger charge is 2.11. The number of carboxylic acids is 1. The number of benzene rings is 1. The van der Waals surface area contributed by atoms with Crippen LogP contribution < -0.4 is 0 Å². The fourth-order valence-electron chi connectivity index (χ4n) is 1.20. The first-order valence-electron chi connectivity index (χ1n) is 4.77. The van der Waals surface area contributed by atoms with Gasteiger partial charge in [-0.2, -0.15) is 0 Å². The average Bonchev–Trinajstić information content (AvgIpc) is 2.27. The van der Waals surface area contributed by atoms with Crippen molar-refractivity contribution in [3.8, 4) is 0 Å². The van der Waals surface area contributed by atoms with E-state index in [-0.39, 0.29) is 12.2 Å². The summed E-state index contributed by atoms with van der Waals surface area (Å²) in [6.07, 6.45) is -0.586. The van der Waals surface area contributed by atoms with Crippen LogP contribution in [0.25, 0.3) is 0 Å². The maximum Gasteiger partial charge on any atom is 0.336 e. The Morgan fingerprint density at radius 2 is 2.19 bits per heavy atom. The van der Waals surface area contributed by atoms with Crippen molar-refractivity contribution in [2.24, 2.45) is 0 Å². The smallest absolute Gasteiger partial charge is 0.336 e. The molecule has 0 aliphatic heterocycles. The molecule has 0 saturated heterocycles. The fourth-order valence-corrected chi connectivity index (χ4v) is 2.15. The number of hydrogen-bond acceptors (Lipinski definition) is 4. The molecular formula is C11H14O4S. The van der Waals surface area contributed by atoms with Gasteiger partial charge in [0.2, 0.25) is 0 Å². The van der Waals surface area contributed by atoms with Gasteiger partial charge in [0, 0.05) is 17.8 Å². The zero-order valence-electron chi connectivity index (χ0n) is 8.92. The van der Waals surface area contributed by atoms with Crippen LogP contribution in [0.4, 0.5) is 0 Å². The highest BCUT2D eigenvalue weighted by molar-refractivity contribution is 7.99. The third kappa shape index (κ3) is 3.84. The van der Waals surface area contributed by atoms with E-state index in [1.54, 1.807) is 24.3 Å². The van der Waals surface area contributed by atoms with E-state index >= 15 is 0 Å². The summed E-state index contributed by atoms with van der Waals surface area (Å²) in [7, 11) is 1.51. The highest BCUT2D eigenvalue weighted by Crippen LogP contribution is 2.23. The molecule has 5 heteroatoms. The molecule has 0 aliphatic carbocycles. The van der Waals surface area contributed by atoms with Crippen molar-refractivity contribution in [3.05, 3.63) is 29.8 Å². The first-order chi connectivity index (χ1) is 7.65. The van der Waals surface area contributed by atoms with Gasteiger partial charge < -0.3 is 14.9 Å². The van der Waals surface area contributed by atoms with Crippen molar-refractivity contribution in [3.63, 3.8) is 0 Å². The van der Waals surface area contributed by atoms with Crippen LogP contribution >= 0.6 is 11.8 Å². The Bertz CT molecular complexity index is 354. The Morgan fingerprint density at radius 1 is 1.50 bits per heavy atom. The lowest BCUT2D eigenvalue weighted by atomic mass is 10.2. The Kier molecular flexibility index (Phi) is 5.31. The van der Waals surface area contributed by atoms with E-state index in [4.69, 9.17) is 9.84 Å². The van der Waals surface area contributed by atoms with Crippen molar-refractivity contribution in [1.29, 1.82) is 0 Å². The molecule has 0 bridgehead atoms. The van der Waals surface area contributed by atoms with Crippen LogP contribution in [0.3, 0.4) is 0 Å². The molecule has 0 spiro atoms. The maximum absolute atomic E-state index is 10.9. The van der Waals surface area contributed by atoms with Crippen molar-refractivity contribution < 1.29 is 19.7 Å². The third-order valence-corrected chi connectivity index (χ3v) is 3.13. The summed E-state index contributed by atoms with van der Waals surface area (Å²) in [5.41, 5.74) is 0.261. The highest BCUT2D eigenvalue weighted by atomic mass is 32.2. The number of ether oxygens (including phenoxy) is 1. The minimum Gasteiger partial charge on any atom is -0.478 e. The van der Waals surface area contributed by atoms with E-state index in [2.05, 4.69) is 0 Å². The van der Waals surface area contributed by atoms with Gasteiger partial charge in [-0.05, 0) is 12.1 Å². The Labute approximate surface area is 98.2 Å². The monoisotopic (exact) mass is 242 g/mol. The summed E-state index contributed by atoms with van der Waals surface area (Å²) < 4.78 is 4.79. The molecule has 0 radical (unpaired) electrons. The minimum absolute atomic E-state index is 0.252. The zero-order chi connectivity index (χ0) is 12.0. The first kappa shape index (κ1) is 13.0. The van der Waals surface area contributed by atoms with Crippen LogP contribution in [0.5, 0.6) is 0 Å². The van der Waals surface area contributed by atoms with Gasteiger partial charge in [0.25, 0.3) is 0 Å². The lowest BCUT2D eigenvalue weighted by Crippen LogP contribution is -2.16. The van der Waals surface area contributed by atoms with Crippen LogP contribution in [-0.4, -0.2) is 41.8 Å². The van der Waals surface area contributed by atoms with Gasteiger partial charge in [0.05, 0.1) is 18.3 Å². The molecule has 1 aromatic rings. The molecule has 2 N–H and O–H groups in total. The van der Waals surface area contributed by atoms with Crippen LogP contribution in [0.15, 0.2) is 29.2 Å².